The average molecular weight is 335 g/mol. The lowest BCUT2D eigenvalue weighted by atomic mass is 10.2. The molecule has 6 heteroatoms. The van der Waals surface area contributed by atoms with E-state index in [9.17, 15) is 8.78 Å². The summed E-state index contributed by atoms with van der Waals surface area (Å²) in [5.41, 5.74) is 0.324. The fourth-order valence-electron chi connectivity index (χ4n) is 0.778. The van der Waals surface area contributed by atoms with Crippen LogP contribution in [0.4, 0.5) is 8.78 Å². The zero-order chi connectivity index (χ0) is 10.0. The SMILES string of the molecule is FC(F)c1cc(CBr)c(Cl)c(Br)n1. The lowest BCUT2D eigenvalue weighted by Gasteiger charge is -2.05. The molecule has 0 atom stereocenters. The van der Waals surface area contributed by atoms with Gasteiger partial charge in [-0.25, -0.2) is 13.8 Å². The first-order valence-electron chi connectivity index (χ1n) is 3.25. The first-order chi connectivity index (χ1) is 6.06. The number of nitrogens with zero attached hydrogens (tertiary/aromatic N) is 1. The molecule has 0 bridgehead atoms. The van der Waals surface area contributed by atoms with Gasteiger partial charge in [0.05, 0.1) is 5.02 Å². The zero-order valence-electron chi connectivity index (χ0n) is 6.20. The van der Waals surface area contributed by atoms with Gasteiger partial charge in [-0.1, -0.05) is 27.5 Å². The molecule has 1 aromatic heterocycles. The summed E-state index contributed by atoms with van der Waals surface area (Å²) in [5.74, 6) is 0. The molecule has 72 valence electrons. The average Bonchev–Trinajstić information content (AvgIpc) is 2.09. The Morgan fingerprint density at radius 1 is 1.54 bits per heavy atom. The largest absolute Gasteiger partial charge is 0.280 e. The Morgan fingerprint density at radius 3 is 2.62 bits per heavy atom. The van der Waals surface area contributed by atoms with E-state index in [1.54, 1.807) is 0 Å². The molecule has 1 nitrogen and oxygen atoms in total. The molecule has 1 rings (SSSR count). The fourth-order valence-corrected chi connectivity index (χ4v) is 2.00. The van der Waals surface area contributed by atoms with Crippen LogP contribution in [-0.2, 0) is 5.33 Å². The molecule has 0 aliphatic carbocycles. The van der Waals surface area contributed by atoms with Gasteiger partial charge in [-0.2, -0.15) is 0 Å². The van der Waals surface area contributed by atoms with E-state index in [1.165, 1.54) is 6.07 Å². The van der Waals surface area contributed by atoms with Crippen molar-refractivity contribution >= 4 is 43.5 Å². The summed E-state index contributed by atoms with van der Waals surface area (Å²) in [6, 6.07) is 1.28. The number of aromatic nitrogens is 1. The van der Waals surface area contributed by atoms with Crippen molar-refractivity contribution in [2.45, 2.75) is 11.8 Å². The van der Waals surface area contributed by atoms with Gasteiger partial charge in [0.25, 0.3) is 6.43 Å². The molecule has 0 spiro atoms. The van der Waals surface area contributed by atoms with Gasteiger partial charge in [-0.3, -0.25) is 0 Å². The Bertz CT molecular complexity index is 320. The lowest BCUT2D eigenvalue weighted by molar-refractivity contribution is 0.146. The van der Waals surface area contributed by atoms with E-state index in [4.69, 9.17) is 11.6 Å². The van der Waals surface area contributed by atoms with Crippen molar-refractivity contribution in [3.63, 3.8) is 0 Å². The van der Waals surface area contributed by atoms with Crippen LogP contribution in [0.15, 0.2) is 10.7 Å². The van der Waals surface area contributed by atoms with Crippen LogP contribution in [0.3, 0.4) is 0 Å². The van der Waals surface area contributed by atoms with Gasteiger partial charge < -0.3 is 0 Å². The van der Waals surface area contributed by atoms with Crippen molar-refractivity contribution in [1.82, 2.24) is 4.98 Å². The van der Waals surface area contributed by atoms with E-state index in [2.05, 4.69) is 36.8 Å². The van der Waals surface area contributed by atoms with E-state index in [0.29, 0.717) is 15.9 Å². The minimum Gasteiger partial charge on any atom is -0.238 e. The number of alkyl halides is 3. The Kier molecular flexibility index (Phi) is 4.06. The predicted molar refractivity (Wildman–Crippen MR) is 54.5 cm³/mol. The molecule has 13 heavy (non-hydrogen) atoms. The van der Waals surface area contributed by atoms with Gasteiger partial charge in [0, 0.05) is 5.33 Å². The molecular weight excluding hydrogens is 331 g/mol. The third kappa shape index (κ3) is 2.60. The number of rotatable bonds is 2. The molecule has 1 aromatic rings. The summed E-state index contributed by atoms with van der Waals surface area (Å²) < 4.78 is 24.8. The van der Waals surface area contributed by atoms with Crippen LogP contribution < -0.4 is 0 Å². The quantitative estimate of drug-likeness (QED) is 0.579. The first-order valence-corrected chi connectivity index (χ1v) is 5.54. The molecule has 0 radical (unpaired) electrons. The highest BCUT2D eigenvalue weighted by Gasteiger charge is 2.14. The second kappa shape index (κ2) is 4.66. The fraction of sp³-hybridized carbons (Fsp3) is 0.286. The summed E-state index contributed by atoms with van der Waals surface area (Å²) in [7, 11) is 0. The molecule has 0 saturated carbocycles. The van der Waals surface area contributed by atoms with Gasteiger partial charge in [-0.15, -0.1) is 0 Å². The van der Waals surface area contributed by atoms with E-state index in [1.807, 2.05) is 0 Å². The van der Waals surface area contributed by atoms with Crippen LogP contribution in [0.25, 0.3) is 0 Å². The second-order valence-electron chi connectivity index (χ2n) is 2.25. The molecule has 0 aliphatic rings. The Hall–Kier alpha value is 0.260. The van der Waals surface area contributed by atoms with Gasteiger partial charge >= 0.3 is 0 Å². The Morgan fingerprint density at radius 2 is 2.15 bits per heavy atom. The Labute approximate surface area is 95.8 Å². The van der Waals surface area contributed by atoms with Crippen molar-refractivity contribution in [3.05, 3.63) is 26.9 Å². The summed E-state index contributed by atoms with van der Waals surface area (Å²) in [6.45, 7) is 0. The third-order valence-corrected chi connectivity index (χ3v) is 3.21. The molecule has 0 aliphatic heterocycles. The van der Waals surface area contributed by atoms with Crippen LogP contribution >= 0.6 is 43.5 Å². The zero-order valence-corrected chi connectivity index (χ0v) is 10.1. The normalized spacial score (nSPS) is 10.9. The molecule has 0 aromatic carbocycles. The summed E-state index contributed by atoms with van der Waals surface area (Å²) in [4.78, 5) is 3.59. The Balaban J connectivity index is 3.22. The summed E-state index contributed by atoms with van der Waals surface area (Å²) in [6.07, 6.45) is -2.58. The lowest BCUT2D eigenvalue weighted by Crippen LogP contribution is -1.94. The highest BCUT2D eigenvalue weighted by Crippen LogP contribution is 2.30. The highest BCUT2D eigenvalue weighted by atomic mass is 79.9. The van der Waals surface area contributed by atoms with E-state index in [0.717, 1.165) is 0 Å². The van der Waals surface area contributed by atoms with E-state index >= 15 is 0 Å². The van der Waals surface area contributed by atoms with Crippen LogP contribution in [0.1, 0.15) is 17.7 Å². The van der Waals surface area contributed by atoms with Crippen molar-refractivity contribution in [2.24, 2.45) is 0 Å². The topological polar surface area (TPSA) is 12.9 Å². The highest BCUT2D eigenvalue weighted by molar-refractivity contribution is 9.10. The smallest absolute Gasteiger partial charge is 0.238 e. The molecular formula is C7H4Br2ClF2N. The minimum absolute atomic E-state index is 0.251. The van der Waals surface area contributed by atoms with Gasteiger partial charge in [-0.05, 0) is 27.6 Å². The number of pyridine rings is 1. The van der Waals surface area contributed by atoms with E-state index < -0.39 is 6.43 Å². The standard InChI is InChI=1S/C7H4Br2ClF2N/c8-2-3-1-4(7(11)12)13-6(9)5(3)10/h1,7H,2H2. The monoisotopic (exact) mass is 333 g/mol. The minimum atomic E-state index is -2.58. The maximum absolute atomic E-state index is 12.3. The number of hydrogen-bond acceptors (Lipinski definition) is 1. The molecule has 0 amide bonds. The van der Waals surface area contributed by atoms with Gasteiger partial charge in [0.2, 0.25) is 0 Å². The molecule has 0 fully saturated rings. The van der Waals surface area contributed by atoms with Crippen molar-refractivity contribution in [1.29, 1.82) is 0 Å². The van der Waals surface area contributed by atoms with Crippen LogP contribution in [0, 0.1) is 0 Å². The third-order valence-electron chi connectivity index (χ3n) is 1.38. The van der Waals surface area contributed by atoms with Crippen LogP contribution in [-0.4, -0.2) is 4.98 Å². The maximum atomic E-state index is 12.3. The van der Waals surface area contributed by atoms with Crippen molar-refractivity contribution in [2.75, 3.05) is 0 Å². The van der Waals surface area contributed by atoms with Crippen LogP contribution in [0.5, 0.6) is 0 Å². The van der Waals surface area contributed by atoms with Gasteiger partial charge in [0.15, 0.2) is 0 Å². The second-order valence-corrected chi connectivity index (χ2v) is 3.94. The van der Waals surface area contributed by atoms with Gasteiger partial charge in [0.1, 0.15) is 10.3 Å². The first kappa shape index (κ1) is 11.3. The maximum Gasteiger partial charge on any atom is 0.280 e. The van der Waals surface area contributed by atoms with Crippen molar-refractivity contribution in [3.8, 4) is 0 Å². The number of hydrogen-bond donors (Lipinski definition) is 0. The summed E-state index contributed by atoms with van der Waals surface area (Å²) in [5, 5.41) is 0.786. The van der Waals surface area contributed by atoms with E-state index in [-0.39, 0.29) is 10.3 Å². The summed E-state index contributed by atoms with van der Waals surface area (Å²) >= 11 is 11.9. The number of halogens is 5. The molecule has 0 N–H and O–H groups in total. The van der Waals surface area contributed by atoms with Crippen LogP contribution in [0.2, 0.25) is 5.02 Å². The predicted octanol–water partition coefficient (Wildman–Crippen LogP) is 4.33. The molecule has 0 saturated heterocycles. The molecule has 0 unspecified atom stereocenters. The van der Waals surface area contributed by atoms with Crippen molar-refractivity contribution < 1.29 is 8.78 Å². The molecule has 1 heterocycles.